The van der Waals surface area contributed by atoms with Crippen LogP contribution in [0, 0.1) is 11.3 Å². The monoisotopic (exact) mass is 295 g/mol. The maximum absolute atomic E-state index is 11.3. The largest absolute Gasteiger partial charge is 0.465 e. The minimum atomic E-state index is -0.556. The Labute approximate surface area is 107 Å². The number of carbonyl (C=O) groups excluding carboxylic acids is 2. The van der Waals surface area contributed by atoms with Crippen molar-refractivity contribution >= 4 is 27.7 Å². The van der Waals surface area contributed by atoms with Gasteiger partial charge in [0.05, 0.1) is 23.6 Å². The molecule has 88 valence electrons. The number of esters is 1. The predicted octanol–water partition coefficient (Wildman–Crippen LogP) is 1.85. The van der Waals surface area contributed by atoms with Crippen molar-refractivity contribution in [2.24, 2.45) is 0 Å². The topological polar surface area (TPSA) is 67.2 Å². The molecule has 0 fully saturated rings. The van der Waals surface area contributed by atoms with Gasteiger partial charge in [0.15, 0.2) is 0 Å². The van der Waals surface area contributed by atoms with E-state index >= 15 is 0 Å². The Morgan fingerprint density at radius 2 is 2.18 bits per heavy atom. The van der Waals surface area contributed by atoms with Gasteiger partial charge in [-0.3, -0.25) is 4.79 Å². The van der Waals surface area contributed by atoms with Crippen molar-refractivity contribution in [1.82, 2.24) is 0 Å². The number of ketones is 1. The minimum Gasteiger partial charge on any atom is -0.465 e. The highest BCUT2D eigenvalue weighted by Gasteiger charge is 2.13. The number of hydrogen-bond donors (Lipinski definition) is 0. The molecule has 0 aromatic heterocycles. The summed E-state index contributed by atoms with van der Waals surface area (Å²) in [4.78, 5) is 22.6. The summed E-state index contributed by atoms with van der Waals surface area (Å²) in [5.74, 6) is -0.542. The first-order valence-corrected chi connectivity index (χ1v) is 5.93. The van der Waals surface area contributed by atoms with E-state index in [4.69, 9.17) is 5.26 Å². The average Bonchev–Trinajstić information content (AvgIpc) is 2.37. The number of methoxy groups -OCH3 is 1. The Balaban J connectivity index is 3.05. The number of nitriles is 1. The maximum atomic E-state index is 11.3. The lowest BCUT2D eigenvalue weighted by Gasteiger charge is -2.04. The first kappa shape index (κ1) is 13.4. The first-order chi connectivity index (χ1) is 8.12. The number of rotatable bonds is 4. The molecule has 0 unspecified atom stereocenters. The lowest BCUT2D eigenvalue weighted by Crippen LogP contribution is -2.07. The third kappa shape index (κ3) is 3.40. The van der Waals surface area contributed by atoms with Crippen molar-refractivity contribution in [3.8, 4) is 6.07 Å². The smallest absolute Gasteiger partial charge is 0.339 e. The minimum absolute atomic E-state index is 0.0136. The van der Waals surface area contributed by atoms with Crippen LogP contribution in [-0.4, -0.2) is 24.2 Å². The normalized spacial score (nSPS) is 9.47. The predicted molar refractivity (Wildman–Crippen MR) is 65.0 cm³/mol. The van der Waals surface area contributed by atoms with E-state index in [-0.39, 0.29) is 28.7 Å². The molecule has 1 aromatic carbocycles. The van der Waals surface area contributed by atoms with Crippen LogP contribution in [0.15, 0.2) is 18.2 Å². The van der Waals surface area contributed by atoms with Crippen LogP contribution in [0.25, 0.3) is 0 Å². The fourth-order valence-corrected chi connectivity index (χ4v) is 1.55. The Hall–Kier alpha value is -1.67. The summed E-state index contributed by atoms with van der Waals surface area (Å²) in [6.07, 6.45) is 0.237. The summed E-state index contributed by atoms with van der Waals surface area (Å²) in [5.41, 5.74) is 1.14. The molecule has 1 aromatic rings. The zero-order valence-electron chi connectivity index (χ0n) is 9.20. The first-order valence-electron chi connectivity index (χ1n) is 4.81. The summed E-state index contributed by atoms with van der Waals surface area (Å²) < 4.78 is 4.56. The van der Waals surface area contributed by atoms with Crippen LogP contribution < -0.4 is 0 Å². The van der Waals surface area contributed by atoms with E-state index in [1.807, 2.05) is 6.07 Å². The van der Waals surface area contributed by atoms with Crippen LogP contribution in [0.3, 0.4) is 0 Å². The van der Waals surface area contributed by atoms with Crippen LogP contribution in [0.4, 0.5) is 0 Å². The highest BCUT2D eigenvalue weighted by molar-refractivity contribution is 9.09. The molecule has 0 aliphatic carbocycles. The van der Waals surface area contributed by atoms with Gasteiger partial charge in [-0.1, -0.05) is 22.0 Å². The van der Waals surface area contributed by atoms with E-state index in [0.29, 0.717) is 5.56 Å². The molecular formula is C12H10BrNO3. The van der Waals surface area contributed by atoms with Gasteiger partial charge in [0, 0.05) is 6.42 Å². The Bertz CT molecular complexity index is 491. The van der Waals surface area contributed by atoms with Crippen LogP contribution in [0.2, 0.25) is 0 Å². The molecule has 5 heteroatoms. The van der Waals surface area contributed by atoms with Crippen molar-refractivity contribution < 1.29 is 14.3 Å². The lowest BCUT2D eigenvalue weighted by molar-refractivity contribution is -0.115. The van der Waals surface area contributed by atoms with E-state index in [2.05, 4.69) is 20.7 Å². The number of hydrogen-bond acceptors (Lipinski definition) is 4. The van der Waals surface area contributed by atoms with Crippen LogP contribution >= 0.6 is 15.9 Å². The van der Waals surface area contributed by atoms with Crippen LogP contribution in [0.1, 0.15) is 21.5 Å². The summed E-state index contributed by atoms with van der Waals surface area (Å²) in [6.45, 7) is 0. The molecule has 0 amide bonds. The second-order valence-electron chi connectivity index (χ2n) is 3.33. The summed E-state index contributed by atoms with van der Waals surface area (Å²) in [7, 11) is 1.26. The van der Waals surface area contributed by atoms with E-state index in [9.17, 15) is 9.59 Å². The zero-order valence-corrected chi connectivity index (χ0v) is 10.8. The fraction of sp³-hybridized carbons (Fsp3) is 0.250. The van der Waals surface area contributed by atoms with Gasteiger partial charge in [-0.25, -0.2) is 4.79 Å². The number of ether oxygens (including phenoxy) is 1. The van der Waals surface area contributed by atoms with Gasteiger partial charge in [-0.15, -0.1) is 0 Å². The number of carbonyl (C=O) groups is 2. The summed E-state index contributed by atoms with van der Waals surface area (Å²) in [6, 6.07) is 6.60. The number of halogens is 1. The van der Waals surface area contributed by atoms with Crippen LogP contribution in [0.5, 0.6) is 0 Å². The second-order valence-corrected chi connectivity index (χ2v) is 3.89. The molecule has 17 heavy (non-hydrogen) atoms. The Kier molecular flexibility index (Phi) is 4.85. The molecule has 0 aliphatic rings. The van der Waals surface area contributed by atoms with Gasteiger partial charge in [-0.2, -0.15) is 5.26 Å². The number of alkyl halides is 1. The molecule has 0 atom stereocenters. The summed E-state index contributed by atoms with van der Waals surface area (Å²) >= 11 is 3.07. The Morgan fingerprint density at radius 3 is 2.71 bits per heavy atom. The highest BCUT2D eigenvalue weighted by Crippen LogP contribution is 2.13. The third-order valence-electron chi connectivity index (χ3n) is 2.16. The SMILES string of the molecule is COC(=O)c1ccc(CC(=O)CBr)cc1C#N. The van der Waals surface area contributed by atoms with E-state index < -0.39 is 5.97 Å². The van der Waals surface area contributed by atoms with Crippen molar-refractivity contribution in [2.75, 3.05) is 12.4 Å². The van der Waals surface area contributed by atoms with Crippen molar-refractivity contribution in [3.63, 3.8) is 0 Å². The molecule has 0 N–H and O–H groups in total. The van der Waals surface area contributed by atoms with E-state index in [1.54, 1.807) is 6.07 Å². The molecule has 0 saturated carbocycles. The fourth-order valence-electron chi connectivity index (χ4n) is 1.36. The van der Waals surface area contributed by atoms with Gasteiger partial charge >= 0.3 is 5.97 Å². The highest BCUT2D eigenvalue weighted by atomic mass is 79.9. The van der Waals surface area contributed by atoms with Gasteiger partial charge in [-0.05, 0) is 17.7 Å². The standard InChI is InChI=1S/C12H10BrNO3/c1-17-12(16)11-3-2-8(4-9(11)7-14)5-10(15)6-13/h2-4H,5-6H2,1H3. The van der Waals surface area contributed by atoms with Crippen molar-refractivity contribution in [3.05, 3.63) is 34.9 Å². The quantitative estimate of drug-likeness (QED) is 0.628. The lowest BCUT2D eigenvalue weighted by atomic mass is 10.0. The number of benzene rings is 1. The molecule has 0 saturated heterocycles. The van der Waals surface area contributed by atoms with Gasteiger partial charge in [0.1, 0.15) is 11.9 Å². The molecule has 0 heterocycles. The Morgan fingerprint density at radius 1 is 1.47 bits per heavy atom. The number of nitrogens with zero attached hydrogens (tertiary/aromatic N) is 1. The van der Waals surface area contributed by atoms with E-state index in [0.717, 1.165) is 0 Å². The molecule has 0 aliphatic heterocycles. The number of Topliss-reactive ketones (excluding diaryl/α,β-unsaturated/α-hetero) is 1. The molecule has 0 radical (unpaired) electrons. The third-order valence-corrected chi connectivity index (χ3v) is 2.79. The molecule has 4 nitrogen and oxygen atoms in total. The average molecular weight is 296 g/mol. The molecule has 0 bridgehead atoms. The van der Waals surface area contributed by atoms with Gasteiger partial charge in [0.2, 0.25) is 0 Å². The van der Waals surface area contributed by atoms with Crippen molar-refractivity contribution in [1.29, 1.82) is 5.26 Å². The van der Waals surface area contributed by atoms with Crippen molar-refractivity contribution in [2.45, 2.75) is 6.42 Å². The van der Waals surface area contributed by atoms with Gasteiger partial charge < -0.3 is 4.74 Å². The second kappa shape index (κ2) is 6.16. The van der Waals surface area contributed by atoms with E-state index in [1.165, 1.54) is 19.2 Å². The molecular weight excluding hydrogens is 286 g/mol. The van der Waals surface area contributed by atoms with Gasteiger partial charge in [0.25, 0.3) is 0 Å². The molecule has 1 rings (SSSR count). The zero-order chi connectivity index (χ0) is 12.8. The molecule has 0 spiro atoms. The van der Waals surface area contributed by atoms with Crippen LogP contribution in [-0.2, 0) is 16.0 Å². The summed E-state index contributed by atoms with van der Waals surface area (Å²) in [5, 5.41) is 9.20. The maximum Gasteiger partial charge on any atom is 0.339 e.